The van der Waals surface area contributed by atoms with Crippen LogP contribution in [0.2, 0.25) is 0 Å². The number of carbonyl (C=O) groups is 2. The Bertz CT molecular complexity index is 795. The van der Waals surface area contributed by atoms with Crippen molar-refractivity contribution in [2.45, 2.75) is 13.3 Å². The van der Waals surface area contributed by atoms with Gasteiger partial charge in [-0.15, -0.1) is 0 Å². The van der Waals surface area contributed by atoms with Gasteiger partial charge in [-0.05, 0) is 19.1 Å². The fourth-order valence-corrected chi connectivity index (χ4v) is 2.34. The predicted octanol–water partition coefficient (Wildman–Crippen LogP) is 2.60. The number of anilines is 1. The number of aliphatic carboxylic acids is 1. The van der Waals surface area contributed by atoms with Crippen LogP contribution >= 0.6 is 0 Å². The summed E-state index contributed by atoms with van der Waals surface area (Å²) in [7, 11) is 1.56. The van der Waals surface area contributed by atoms with Gasteiger partial charge in [-0.3, -0.25) is 9.78 Å². The van der Waals surface area contributed by atoms with Crippen molar-refractivity contribution in [3.63, 3.8) is 0 Å². The minimum atomic E-state index is -1.13. The van der Waals surface area contributed by atoms with Crippen molar-refractivity contribution in [2.24, 2.45) is 0 Å². The van der Waals surface area contributed by atoms with Gasteiger partial charge in [0.25, 0.3) is 0 Å². The van der Waals surface area contributed by atoms with E-state index >= 15 is 0 Å². The van der Waals surface area contributed by atoms with Crippen LogP contribution < -0.4 is 4.90 Å². The predicted molar refractivity (Wildman–Crippen MR) is 83.1 cm³/mol. The lowest BCUT2D eigenvalue weighted by molar-refractivity contribution is -0.136. The Morgan fingerprint density at radius 1 is 1.33 bits per heavy atom. The molecule has 6 nitrogen and oxygen atoms in total. The first-order valence-corrected chi connectivity index (χ1v) is 7.23. The number of fused-ring (bicyclic) bond motifs is 1. The first kappa shape index (κ1) is 17.6. The summed E-state index contributed by atoms with van der Waals surface area (Å²) in [6, 6.07) is 2.24. The largest absolute Gasteiger partial charge is 0.481 e. The summed E-state index contributed by atoms with van der Waals surface area (Å²) >= 11 is 0. The van der Waals surface area contributed by atoms with Crippen LogP contribution in [-0.2, 0) is 9.53 Å². The molecule has 0 saturated heterocycles. The second-order valence-corrected chi connectivity index (χ2v) is 5.06. The Morgan fingerprint density at radius 3 is 2.67 bits per heavy atom. The van der Waals surface area contributed by atoms with Gasteiger partial charge in [-0.25, -0.2) is 13.6 Å². The second kappa shape index (κ2) is 7.20. The highest BCUT2D eigenvalue weighted by Gasteiger charge is 2.22. The van der Waals surface area contributed by atoms with Crippen molar-refractivity contribution in [3.8, 4) is 0 Å². The third kappa shape index (κ3) is 3.42. The maximum absolute atomic E-state index is 14.0. The van der Waals surface area contributed by atoms with Crippen LogP contribution in [0.4, 0.5) is 14.5 Å². The average molecular weight is 338 g/mol. The maximum Gasteiger partial charge on any atom is 0.341 e. The second-order valence-electron chi connectivity index (χ2n) is 5.06. The first-order chi connectivity index (χ1) is 11.4. The molecule has 0 aliphatic heterocycles. The van der Waals surface area contributed by atoms with Gasteiger partial charge >= 0.3 is 11.9 Å². The fourth-order valence-electron chi connectivity index (χ4n) is 2.34. The molecule has 0 spiro atoms. The van der Waals surface area contributed by atoms with Gasteiger partial charge in [0.1, 0.15) is 11.1 Å². The van der Waals surface area contributed by atoms with Crippen LogP contribution in [0.25, 0.3) is 10.9 Å². The van der Waals surface area contributed by atoms with Crippen molar-refractivity contribution >= 4 is 28.5 Å². The number of carboxylic acids is 1. The molecule has 0 saturated carbocycles. The lowest BCUT2D eigenvalue weighted by Crippen LogP contribution is -2.24. The van der Waals surface area contributed by atoms with Crippen LogP contribution in [0.3, 0.4) is 0 Å². The molecule has 2 aromatic rings. The van der Waals surface area contributed by atoms with Gasteiger partial charge < -0.3 is 14.7 Å². The number of pyridine rings is 1. The number of nitrogens with zero attached hydrogens (tertiary/aromatic N) is 2. The standard InChI is InChI=1S/C16H16F2N2O4/c1-3-24-16(23)10-8-19-14-9(4-5-11(17)13(14)18)15(10)20(2)7-6-12(21)22/h4-5,8H,3,6-7H2,1-2H3,(H,21,22). The summed E-state index contributed by atoms with van der Waals surface area (Å²) in [5, 5.41) is 9.03. The highest BCUT2D eigenvalue weighted by molar-refractivity contribution is 6.05. The fraction of sp³-hybridized carbons (Fsp3) is 0.312. The molecule has 1 heterocycles. The quantitative estimate of drug-likeness (QED) is 0.816. The van der Waals surface area contributed by atoms with Crippen molar-refractivity contribution < 1.29 is 28.2 Å². The van der Waals surface area contributed by atoms with Crippen LogP contribution in [0.1, 0.15) is 23.7 Å². The monoisotopic (exact) mass is 338 g/mol. The van der Waals surface area contributed by atoms with Crippen LogP contribution in [-0.4, -0.2) is 42.2 Å². The van der Waals surface area contributed by atoms with E-state index < -0.39 is 23.6 Å². The Morgan fingerprint density at radius 2 is 2.04 bits per heavy atom. The topological polar surface area (TPSA) is 79.7 Å². The van der Waals surface area contributed by atoms with Crippen LogP contribution in [0.15, 0.2) is 18.3 Å². The Labute approximate surface area is 136 Å². The average Bonchev–Trinajstić information content (AvgIpc) is 2.55. The molecule has 8 heteroatoms. The Balaban J connectivity index is 2.64. The third-order valence-corrected chi connectivity index (χ3v) is 3.44. The summed E-state index contributed by atoms with van der Waals surface area (Å²) in [5.74, 6) is -3.88. The third-order valence-electron chi connectivity index (χ3n) is 3.44. The highest BCUT2D eigenvalue weighted by atomic mass is 19.2. The van der Waals surface area contributed by atoms with E-state index in [2.05, 4.69) is 4.98 Å². The van der Waals surface area contributed by atoms with E-state index in [1.165, 1.54) is 11.0 Å². The van der Waals surface area contributed by atoms with Gasteiger partial charge in [0.2, 0.25) is 0 Å². The molecule has 1 N–H and O–H groups in total. The molecular weight excluding hydrogens is 322 g/mol. The molecule has 0 bridgehead atoms. The molecule has 0 aliphatic carbocycles. The molecule has 1 aromatic carbocycles. The van der Waals surface area contributed by atoms with Gasteiger partial charge in [-0.1, -0.05) is 0 Å². The molecule has 0 fully saturated rings. The van der Waals surface area contributed by atoms with Crippen molar-refractivity contribution in [3.05, 3.63) is 35.5 Å². The Kier molecular flexibility index (Phi) is 5.28. The van der Waals surface area contributed by atoms with E-state index in [1.807, 2.05) is 0 Å². The first-order valence-electron chi connectivity index (χ1n) is 7.23. The van der Waals surface area contributed by atoms with Crippen molar-refractivity contribution in [1.82, 2.24) is 4.98 Å². The zero-order valence-electron chi connectivity index (χ0n) is 13.2. The molecule has 24 heavy (non-hydrogen) atoms. The van der Waals surface area contributed by atoms with E-state index in [9.17, 15) is 18.4 Å². The molecule has 0 aliphatic rings. The number of carboxylic acid groups (broad SMARTS) is 1. The number of aromatic nitrogens is 1. The number of benzene rings is 1. The SMILES string of the molecule is CCOC(=O)c1cnc2c(F)c(F)ccc2c1N(C)CCC(=O)O. The number of carbonyl (C=O) groups excluding carboxylic acids is 1. The summed E-state index contributed by atoms with van der Waals surface area (Å²) in [5.41, 5.74) is 0.0714. The zero-order chi connectivity index (χ0) is 17.9. The number of rotatable bonds is 6. The summed E-state index contributed by atoms with van der Waals surface area (Å²) in [4.78, 5) is 28.2. The van der Waals surface area contributed by atoms with Gasteiger partial charge in [-0.2, -0.15) is 0 Å². The molecule has 0 atom stereocenters. The lowest BCUT2D eigenvalue weighted by Gasteiger charge is -2.23. The maximum atomic E-state index is 14.0. The Hall–Kier alpha value is -2.77. The molecule has 1 aromatic heterocycles. The number of hydrogen-bond donors (Lipinski definition) is 1. The van der Waals surface area contributed by atoms with Gasteiger partial charge in [0.15, 0.2) is 11.6 Å². The van der Waals surface area contributed by atoms with Crippen LogP contribution in [0, 0.1) is 11.6 Å². The van der Waals surface area contributed by atoms with Gasteiger partial charge in [0.05, 0.1) is 18.7 Å². The van der Waals surface area contributed by atoms with E-state index in [0.29, 0.717) is 0 Å². The molecule has 0 radical (unpaired) electrons. The molecule has 0 unspecified atom stereocenters. The molecule has 2 rings (SSSR count). The number of hydrogen-bond acceptors (Lipinski definition) is 5. The van der Waals surface area contributed by atoms with E-state index in [4.69, 9.17) is 9.84 Å². The summed E-state index contributed by atoms with van der Waals surface area (Å²) in [6.07, 6.45) is 0.918. The number of ether oxygens (including phenoxy) is 1. The van der Waals surface area contributed by atoms with Crippen LogP contribution in [0.5, 0.6) is 0 Å². The highest BCUT2D eigenvalue weighted by Crippen LogP contribution is 2.31. The molecular formula is C16H16F2N2O4. The lowest BCUT2D eigenvalue weighted by atomic mass is 10.1. The number of esters is 1. The normalized spacial score (nSPS) is 10.7. The minimum Gasteiger partial charge on any atom is -0.481 e. The summed E-state index contributed by atoms with van der Waals surface area (Å²) < 4.78 is 32.3. The van der Waals surface area contributed by atoms with Crippen molar-refractivity contribution in [2.75, 3.05) is 25.1 Å². The van der Waals surface area contributed by atoms with Gasteiger partial charge in [0, 0.05) is 25.2 Å². The van der Waals surface area contributed by atoms with Crippen molar-refractivity contribution in [1.29, 1.82) is 0 Å². The van der Waals surface area contributed by atoms with E-state index in [-0.39, 0.29) is 41.7 Å². The smallest absolute Gasteiger partial charge is 0.341 e. The number of halogens is 2. The zero-order valence-corrected chi connectivity index (χ0v) is 13.2. The summed E-state index contributed by atoms with van der Waals surface area (Å²) in [6.45, 7) is 1.84. The van der Waals surface area contributed by atoms with E-state index in [1.54, 1.807) is 14.0 Å². The molecule has 128 valence electrons. The van der Waals surface area contributed by atoms with E-state index in [0.717, 1.165) is 12.3 Å². The molecule has 0 amide bonds. The minimum absolute atomic E-state index is 0.0586.